The number of ether oxygens (including phenoxy) is 1. The molecule has 0 radical (unpaired) electrons. The maximum atomic E-state index is 11.9. The average Bonchev–Trinajstić information content (AvgIpc) is 2.66. The van der Waals surface area contributed by atoms with E-state index < -0.39 is 0 Å². The van der Waals surface area contributed by atoms with Gasteiger partial charge in [-0.2, -0.15) is 0 Å². The molecular formula is C22H27NO3S. The van der Waals surface area contributed by atoms with Gasteiger partial charge < -0.3 is 10.1 Å². The van der Waals surface area contributed by atoms with Gasteiger partial charge in [-0.05, 0) is 62.4 Å². The fourth-order valence-electron chi connectivity index (χ4n) is 2.55. The second kappa shape index (κ2) is 10.8. The summed E-state index contributed by atoms with van der Waals surface area (Å²) in [6.07, 6.45) is 1.74. The Balaban J connectivity index is 1.63. The predicted octanol–water partition coefficient (Wildman–Crippen LogP) is 4.08. The summed E-state index contributed by atoms with van der Waals surface area (Å²) in [5, 5.41) is 2.87. The van der Waals surface area contributed by atoms with Gasteiger partial charge in [-0.1, -0.05) is 36.4 Å². The first kappa shape index (κ1) is 21.0. The zero-order chi connectivity index (χ0) is 19.6. The SMILES string of the molecule is Cc1ccc(SCC(=O)OCC(=O)N[C@H](C)CCc2ccccc2)cc1C. The Kier molecular flexibility index (Phi) is 8.40. The first-order valence-electron chi connectivity index (χ1n) is 9.13. The molecule has 0 aliphatic heterocycles. The summed E-state index contributed by atoms with van der Waals surface area (Å²) in [6, 6.07) is 16.3. The van der Waals surface area contributed by atoms with Gasteiger partial charge in [-0.3, -0.25) is 9.59 Å². The number of esters is 1. The normalized spacial score (nSPS) is 11.7. The summed E-state index contributed by atoms with van der Waals surface area (Å²) in [6.45, 7) is 5.82. The molecule has 2 rings (SSSR count). The van der Waals surface area contributed by atoms with Gasteiger partial charge >= 0.3 is 5.97 Å². The van der Waals surface area contributed by atoms with Gasteiger partial charge in [0.1, 0.15) is 0 Å². The van der Waals surface area contributed by atoms with Crippen LogP contribution in [0.5, 0.6) is 0 Å². The Hall–Kier alpha value is -2.27. The number of thioether (sulfide) groups is 1. The lowest BCUT2D eigenvalue weighted by Crippen LogP contribution is -2.36. The Bertz CT molecular complexity index is 761. The van der Waals surface area contributed by atoms with E-state index in [1.54, 1.807) is 0 Å². The molecule has 0 aliphatic rings. The fourth-order valence-corrected chi connectivity index (χ4v) is 3.34. The number of amides is 1. The van der Waals surface area contributed by atoms with Crippen molar-refractivity contribution in [1.82, 2.24) is 5.32 Å². The van der Waals surface area contributed by atoms with E-state index in [2.05, 4.69) is 30.4 Å². The van der Waals surface area contributed by atoms with Gasteiger partial charge in [0.05, 0.1) is 5.75 Å². The molecule has 0 saturated carbocycles. The highest BCUT2D eigenvalue weighted by molar-refractivity contribution is 8.00. The third-order valence-electron chi connectivity index (χ3n) is 4.32. The number of hydrogen-bond acceptors (Lipinski definition) is 4. The zero-order valence-corrected chi connectivity index (χ0v) is 17.0. The van der Waals surface area contributed by atoms with Crippen molar-refractivity contribution in [3.63, 3.8) is 0 Å². The molecule has 0 bridgehead atoms. The highest BCUT2D eigenvalue weighted by Crippen LogP contribution is 2.21. The lowest BCUT2D eigenvalue weighted by atomic mass is 10.1. The van der Waals surface area contributed by atoms with E-state index in [4.69, 9.17) is 4.74 Å². The number of nitrogens with one attached hydrogen (secondary N) is 1. The van der Waals surface area contributed by atoms with Crippen molar-refractivity contribution in [1.29, 1.82) is 0 Å². The molecule has 2 aromatic carbocycles. The van der Waals surface area contributed by atoms with E-state index in [0.29, 0.717) is 0 Å². The molecule has 0 aliphatic carbocycles. The van der Waals surface area contributed by atoms with Crippen LogP contribution in [0.4, 0.5) is 0 Å². The summed E-state index contributed by atoms with van der Waals surface area (Å²) in [7, 11) is 0. The lowest BCUT2D eigenvalue weighted by Gasteiger charge is -2.14. The summed E-state index contributed by atoms with van der Waals surface area (Å²) in [5.74, 6) is -0.454. The van der Waals surface area contributed by atoms with E-state index in [-0.39, 0.29) is 30.3 Å². The molecule has 27 heavy (non-hydrogen) atoms. The number of carbonyl (C=O) groups excluding carboxylic acids is 2. The number of rotatable bonds is 9. The summed E-state index contributed by atoms with van der Waals surface area (Å²) in [4.78, 5) is 24.8. The average molecular weight is 386 g/mol. The number of carbonyl (C=O) groups is 2. The molecule has 0 fully saturated rings. The van der Waals surface area contributed by atoms with E-state index >= 15 is 0 Å². The molecule has 0 unspecified atom stereocenters. The van der Waals surface area contributed by atoms with Crippen molar-refractivity contribution in [3.8, 4) is 0 Å². The van der Waals surface area contributed by atoms with Crippen LogP contribution in [0, 0.1) is 13.8 Å². The van der Waals surface area contributed by atoms with Crippen LogP contribution in [0.3, 0.4) is 0 Å². The number of benzene rings is 2. The third-order valence-corrected chi connectivity index (χ3v) is 5.28. The highest BCUT2D eigenvalue weighted by Gasteiger charge is 2.11. The standard InChI is InChI=1S/C22H27NO3S/c1-16-9-12-20(13-17(16)2)27-15-22(25)26-14-21(24)23-18(3)10-11-19-7-5-4-6-8-19/h4-9,12-13,18H,10-11,14-15H2,1-3H3,(H,23,24)/t18-/m1/s1. The van der Waals surface area contributed by atoms with E-state index in [0.717, 1.165) is 17.7 Å². The summed E-state index contributed by atoms with van der Waals surface area (Å²) >= 11 is 1.42. The summed E-state index contributed by atoms with van der Waals surface area (Å²) in [5.41, 5.74) is 3.66. The molecule has 0 saturated heterocycles. The third kappa shape index (κ3) is 7.87. The van der Waals surface area contributed by atoms with Crippen LogP contribution in [0.1, 0.15) is 30.0 Å². The van der Waals surface area contributed by atoms with Crippen molar-refractivity contribution in [2.24, 2.45) is 0 Å². The first-order valence-corrected chi connectivity index (χ1v) is 10.1. The molecule has 0 heterocycles. The molecule has 1 atom stereocenters. The largest absolute Gasteiger partial charge is 0.455 e. The molecule has 0 spiro atoms. The van der Waals surface area contributed by atoms with E-state index in [1.807, 2.05) is 44.2 Å². The minimum absolute atomic E-state index is 0.0290. The summed E-state index contributed by atoms with van der Waals surface area (Å²) < 4.78 is 5.07. The van der Waals surface area contributed by atoms with Crippen molar-refractivity contribution in [3.05, 3.63) is 65.2 Å². The Morgan fingerprint density at radius 1 is 1.07 bits per heavy atom. The van der Waals surface area contributed by atoms with Crippen LogP contribution in [-0.2, 0) is 20.7 Å². The highest BCUT2D eigenvalue weighted by atomic mass is 32.2. The van der Waals surface area contributed by atoms with Crippen molar-refractivity contribution in [2.45, 2.75) is 44.6 Å². The van der Waals surface area contributed by atoms with Gasteiger partial charge in [0.25, 0.3) is 5.91 Å². The van der Waals surface area contributed by atoms with Crippen LogP contribution in [0.25, 0.3) is 0 Å². The minimum atomic E-state index is -0.384. The fraction of sp³-hybridized carbons (Fsp3) is 0.364. The first-order chi connectivity index (χ1) is 12.9. The maximum absolute atomic E-state index is 11.9. The van der Waals surface area contributed by atoms with Crippen LogP contribution in [0.2, 0.25) is 0 Å². The zero-order valence-electron chi connectivity index (χ0n) is 16.2. The monoisotopic (exact) mass is 385 g/mol. The molecular weight excluding hydrogens is 358 g/mol. The second-order valence-electron chi connectivity index (χ2n) is 6.69. The van der Waals surface area contributed by atoms with Crippen LogP contribution < -0.4 is 5.32 Å². The topological polar surface area (TPSA) is 55.4 Å². The predicted molar refractivity (Wildman–Crippen MR) is 110 cm³/mol. The maximum Gasteiger partial charge on any atom is 0.316 e. The van der Waals surface area contributed by atoms with Crippen LogP contribution in [-0.4, -0.2) is 30.3 Å². The quantitative estimate of drug-likeness (QED) is 0.522. The van der Waals surface area contributed by atoms with Gasteiger partial charge in [-0.15, -0.1) is 11.8 Å². The number of hydrogen-bond donors (Lipinski definition) is 1. The van der Waals surface area contributed by atoms with E-state index in [1.165, 1.54) is 28.5 Å². The Morgan fingerprint density at radius 2 is 1.81 bits per heavy atom. The number of aryl methyl sites for hydroxylation is 3. The molecule has 1 amide bonds. The smallest absolute Gasteiger partial charge is 0.316 e. The van der Waals surface area contributed by atoms with Crippen LogP contribution in [0.15, 0.2) is 53.4 Å². The van der Waals surface area contributed by atoms with Gasteiger partial charge in [0.2, 0.25) is 0 Å². The Morgan fingerprint density at radius 3 is 2.52 bits per heavy atom. The molecule has 1 N–H and O–H groups in total. The van der Waals surface area contributed by atoms with Crippen LogP contribution >= 0.6 is 11.8 Å². The van der Waals surface area contributed by atoms with Gasteiger partial charge in [-0.25, -0.2) is 0 Å². The molecule has 144 valence electrons. The Labute approximate surface area is 165 Å². The van der Waals surface area contributed by atoms with E-state index in [9.17, 15) is 9.59 Å². The molecule has 2 aromatic rings. The van der Waals surface area contributed by atoms with Gasteiger partial charge in [0, 0.05) is 10.9 Å². The second-order valence-corrected chi connectivity index (χ2v) is 7.74. The molecule has 0 aromatic heterocycles. The van der Waals surface area contributed by atoms with Gasteiger partial charge in [0.15, 0.2) is 6.61 Å². The lowest BCUT2D eigenvalue weighted by molar-refractivity contribution is -0.146. The minimum Gasteiger partial charge on any atom is -0.455 e. The van der Waals surface area contributed by atoms with Crippen molar-refractivity contribution < 1.29 is 14.3 Å². The molecule has 4 nitrogen and oxygen atoms in total. The van der Waals surface area contributed by atoms with Crippen molar-refractivity contribution >= 4 is 23.6 Å². The molecule has 5 heteroatoms. The van der Waals surface area contributed by atoms with Crippen molar-refractivity contribution in [2.75, 3.05) is 12.4 Å².